The normalized spacial score (nSPS) is 20.5. The molecule has 1 atom stereocenters. The second kappa shape index (κ2) is 6.90. The first-order valence-corrected chi connectivity index (χ1v) is 7.75. The van der Waals surface area contributed by atoms with Crippen LogP contribution in [0.1, 0.15) is 51.6 Å². The summed E-state index contributed by atoms with van der Waals surface area (Å²) in [6.07, 6.45) is 5.88. The summed E-state index contributed by atoms with van der Waals surface area (Å²) < 4.78 is 0. The number of hydrogen-bond acceptors (Lipinski definition) is 3. The molecular weight excluding hydrogens is 234 g/mol. The van der Waals surface area contributed by atoms with Crippen molar-refractivity contribution in [3.63, 3.8) is 0 Å². The molecule has 1 aliphatic rings. The summed E-state index contributed by atoms with van der Waals surface area (Å²) in [5.74, 6) is 1.19. The lowest BCUT2D eigenvalue weighted by molar-refractivity contribution is 0.157. The average molecular weight is 261 g/mol. The zero-order valence-corrected chi connectivity index (χ0v) is 12.6. The van der Waals surface area contributed by atoms with Gasteiger partial charge in [-0.15, -0.1) is 0 Å². The molecule has 1 aromatic rings. The van der Waals surface area contributed by atoms with Gasteiger partial charge in [-0.05, 0) is 45.8 Å². The summed E-state index contributed by atoms with van der Waals surface area (Å²) >= 11 is 0. The van der Waals surface area contributed by atoms with Gasteiger partial charge in [0.05, 0.1) is 0 Å². The van der Waals surface area contributed by atoms with Crippen molar-refractivity contribution in [1.29, 1.82) is 0 Å². The van der Waals surface area contributed by atoms with Crippen molar-refractivity contribution in [2.75, 3.05) is 31.1 Å². The fourth-order valence-corrected chi connectivity index (χ4v) is 3.18. The van der Waals surface area contributed by atoms with E-state index in [0.29, 0.717) is 6.04 Å². The Morgan fingerprint density at radius 3 is 2.74 bits per heavy atom. The van der Waals surface area contributed by atoms with Crippen LogP contribution in [0.2, 0.25) is 0 Å². The van der Waals surface area contributed by atoms with Crippen LogP contribution in [-0.2, 0) is 0 Å². The molecule has 106 valence electrons. The fraction of sp³-hybridized carbons (Fsp3) is 0.688. The number of nitrogens with zero attached hydrogens (tertiary/aromatic N) is 3. The summed E-state index contributed by atoms with van der Waals surface area (Å²) in [7, 11) is 0. The van der Waals surface area contributed by atoms with Gasteiger partial charge < -0.3 is 4.90 Å². The van der Waals surface area contributed by atoms with E-state index in [2.05, 4.69) is 47.7 Å². The fourth-order valence-electron chi connectivity index (χ4n) is 3.18. The van der Waals surface area contributed by atoms with Crippen LogP contribution in [0.15, 0.2) is 18.3 Å². The van der Waals surface area contributed by atoms with Gasteiger partial charge in [0.25, 0.3) is 0 Å². The van der Waals surface area contributed by atoms with Gasteiger partial charge in [0.1, 0.15) is 5.82 Å². The van der Waals surface area contributed by atoms with Crippen LogP contribution in [0.25, 0.3) is 0 Å². The molecule has 0 aliphatic carbocycles. The van der Waals surface area contributed by atoms with Crippen LogP contribution in [-0.4, -0.2) is 36.1 Å². The lowest BCUT2D eigenvalue weighted by Gasteiger charge is -2.37. The molecule has 0 amide bonds. The second-order valence-electron chi connectivity index (χ2n) is 5.23. The molecule has 2 heterocycles. The summed E-state index contributed by atoms with van der Waals surface area (Å²) in [6.45, 7) is 11.1. The van der Waals surface area contributed by atoms with Crippen LogP contribution < -0.4 is 4.90 Å². The number of piperidine rings is 1. The maximum absolute atomic E-state index is 4.66. The van der Waals surface area contributed by atoms with Gasteiger partial charge in [-0.2, -0.15) is 0 Å². The number of rotatable bonds is 5. The molecule has 2 rings (SSSR count). The molecule has 0 radical (unpaired) electrons. The van der Waals surface area contributed by atoms with Crippen molar-refractivity contribution in [3.05, 3.63) is 23.9 Å². The number of anilines is 1. The van der Waals surface area contributed by atoms with Gasteiger partial charge >= 0.3 is 0 Å². The quantitative estimate of drug-likeness (QED) is 0.809. The predicted octanol–water partition coefficient (Wildman–Crippen LogP) is 3.47. The SMILES string of the molecule is CCN(CC)c1ncccc1C1CCCCN1CC. The monoisotopic (exact) mass is 261 g/mol. The summed E-state index contributed by atoms with van der Waals surface area (Å²) in [6, 6.07) is 4.92. The van der Waals surface area contributed by atoms with E-state index < -0.39 is 0 Å². The molecule has 19 heavy (non-hydrogen) atoms. The molecular formula is C16H27N3. The Bertz CT molecular complexity index is 387. The molecule has 0 spiro atoms. The molecule has 1 unspecified atom stereocenters. The number of aromatic nitrogens is 1. The van der Waals surface area contributed by atoms with Gasteiger partial charge in [-0.3, -0.25) is 4.90 Å². The predicted molar refractivity (Wildman–Crippen MR) is 81.6 cm³/mol. The smallest absolute Gasteiger partial charge is 0.133 e. The number of pyridine rings is 1. The maximum atomic E-state index is 4.66. The third-order valence-electron chi connectivity index (χ3n) is 4.26. The highest BCUT2D eigenvalue weighted by atomic mass is 15.2. The summed E-state index contributed by atoms with van der Waals surface area (Å²) in [5, 5.41) is 0. The number of hydrogen-bond donors (Lipinski definition) is 0. The molecule has 3 nitrogen and oxygen atoms in total. The minimum Gasteiger partial charge on any atom is -0.357 e. The molecule has 1 aromatic heterocycles. The number of likely N-dealkylation sites (tertiary alicyclic amines) is 1. The maximum Gasteiger partial charge on any atom is 0.133 e. The molecule has 1 saturated heterocycles. The van der Waals surface area contributed by atoms with Crippen LogP contribution in [0.4, 0.5) is 5.82 Å². The average Bonchev–Trinajstić information content (AvgIpc) is 2.49. The first kappa shape index (κ1) is 14.3. The van der Waals surface area contributed by atoms with Crippen molar-refractivity contribution in [3.8, 4) is 0 Å². The van der Waals surface area contributed by atoms with E-state index in [0.717, 1.165) is 19.6 Å². The van der Waals surface area contributed by atoms with Crippen molar-refractivity contribution < 1.29 is 0 Å². The van der Waals surface area contributed by atoms with Crippen molar-refractivity contribution in [1.82, 2.24) is 9.88 Å². The molecule has 1 fully saturated rings. The van der Waals surface area contributed by atoms with E-state index >= 15 is 0 Å². The highest BCUT2D eigenvalue weighted by molar-refractivity contribution is 5.48. The molecule has 3 heteroatoms. The van der Waals surface area contributed by atoms with Gasteiger partial charge in [-0.1, -0.05) is 19.4 Å². The van der Waals surface area contributed by atoms with Gasteiger partial charge in [0.15, 0.2) is 0 Å². The van der Waals surface area contributed by atoms with Crippen LogP contribution in [0.5, 0.6) is 0 Å². The van der Waals surface area contributed by atoms with E-state index in [4.69, 9.17) is 0 Å². The molecule has 0 aromatic carbocycles. The van der Waals surface area contributed by atoms with Crippen molar-refractivity contribution in [2.24, 2.45) is 0 Å². The Kier molecular flexibility index (Phi) is 5.20. The first-order valence-electron chi connectivity index (χ1n) is 7.75. The van der Waals surface area contributed by atoms with Gasteiger partial charge in [0, 0.05) is 30.9 Å². The Morgan fingerprint density at radius 2 is 2.05 bits per heavy atom. The molecule has 0 bridgehead atoms. The van der Waals surface area contributed by atoms with Crippen LogP contribution >= 0.6 is 0 Å². The Labute approximate surface area is 117 Å². The Hall–Kier alpha value is -1.09. The Balaban J connectivity index is 2.32. The van der Waals surface area contributed by atoms with Gasteiger partial charge in [0.2, 0.25) is 0 Å². The lowest BCUT2D eigenvalue weighted by Crippen LogP contribution is -2.35. The van der Waals surface area contributed by atoms with Crippen molar-refractivity contribution in [2.45, 2.75) is 46.1 Å². The lowest BCUT2D eigenvalue weighted by atomic mass is 9.95. The zero-order valence-electron chi connectivity index (χ0n) is 12.6. The highest BCUT2D eigenvalue weighted by Gasteiger charge is 2.26. The minimum absolute atomic E-state index is 0.558. The van der Waals surface area contributed by atoms with Crippen molar-refractivity contribution >= 4 is 5.82 Å². The molecule has 0 N–H and O–H groups in total. The van der Waals surface area contributed by atoms with Crippen LogP contribution in [0.3, 0.4) is 0 Å². The molecule has 0 saturated carbocycles. The second-order valence-corrected chi connectivity index (χ2v) is 5.23. The van der Waals surface area contributed by atoms with Crippen LogP contribution in [0, 0.1) is 0 Å². The van der Waals surface area contributed by atoms with E-state index in [1.807, 2.05) is 6.20 Å². The zero-order chi connectivity index (χ0) is 13.7. The first-order chi connectivity index (χ1) is 9.31. The summed E-state index contributed by atoms with van der Waals surface area (Å²) in [5.41, 5.74) is 1.42. The minimum atomic E-state index is 0.558. The summed E-state index contributed by atoms with van der Waals surface area (Å²) in [4.78, 5) is 9.64. The standard InChI is InChI=1S/C16H27N3/c1-4-18(5-2)16-14(10-9-12-17-16)15-11-7-8-13-19(15)6-3/h9-10,12,15H,4-8,11,13H2,1-3H3. The van der Waals surface area contributed by atoms with Gasteiger partial charge in [-0.25, -0.2) is 4.98 Å². The van der Waals surface area contributed by atoms with E-state index in [1.54, 1.807) is 0 Å². The van der Waals surface area contributed by atoms with E-state index in [-0.39, 0.29) is 0 Å². The third kappa shape index (κ3) is 3.08. The molecule has 1 aliphatic heterocycles. The van der Waals surface area contributed by atoms with E-state index in [9.17, 15) is 0 Å². The highest BCUT2D eigenvalue weighted by Crippen LogP contribution is 2.34. The van der Waals surface area contributed by atoms with E-state index in [1.165, 1.54) is 37.2 Å². The largest absolute Gasteiger partial charge is 0.357 e. The topological polar surface area (TPSA) is 19.4 Å². The third-order valence-corrected chi connectivity index (χ3v) is 4.26. The Morgan fingerprint density at radius 1 is 1.26 bits per heavy atom.